The van der Waals surface area contributed by atoms with Gasteiger partial charge in [-0.1, -0.05) is 48.1 Å². The fourth-order valence-corrected chi connectivity index (χ4v) is 3.09. The second kappa shape index (κ2) is 7.78. The number of nitrogens with zero attached hydrogens (tertiary/aromatic N) is 1. The molecule has 0 bridgehead atoms. The summed E-state index contributed by atoms with van der Waals surface area (Å²) in [7, 11) is 0. The van der Waals surface area contributed by atoms with E-state index >= 15 is 0 Å². The van der Waals surface area contributed by atoms with Crippen molar-refractivity contribution in [2.75, 3.05) is 4.90 Å². The van der Waals surface area contributed by atoms with E-state index in [-0.39, 0.29) is 0 Å². The number of rotatable bonds is 6. The topological polar surface area (TPSA) is 3.24 Å². The lowest BCUT2D eigenvalue weighted by atomic mass is 10.1. The Morgan fingerprint density at radius 2 is 1.42 bits per heavy atom. The molecule has 1 aliphatic carbocycles. The monoisotopic (exact) mass is 343 g/mol. The standard InChI is InChI=1S/C25H29N/c1-18(2)6-17-25(19(3)4)26(23-13-7-20(5)8-14-23)24-15-11-22(12-16-24)21-9-10-21/h6-8,11-17,21H,3,9-10H2,1-2,4-5H3. The van der Waals surface area contributed by atoms with Gasteiger partial charge in [0.2, 0.25) is 0 Å². The molecule has 0 heterocycles. The van der Waals surface area contributed by atoms with Crippen LogP contribution < -0.4 is 4.90 Å². The lowest BCUT2D eigenvalue weighted by Crippen LogP contribution is -2.17. The largest absolute Gasteiger partial charge is 0.310 e. The molecule has 0 saturated heterocycles. The van der Waals surface area contributed by atoms with Crippen molar-refractivity contribution >= 4 is 11.4 Å². The summed E-state index contributed by atoms with van der Waals surface area (Å²) in [5.74, 6) is 0.777. The second-order valence-corrected chi connectivity index (χ2v) is 7.61. The van der Waals surface area contributed by atoms with E-state index in [1.54, 1.807) is 0 Å². The van der Waals surface area contributed by atoms with Gasteiger partial charge in [0.05, 0.1) is 0 Å². The molecule has 0 atom stereocenters. The van der Waals surface area contributed by atoms with Gasteiger partial charge in [-0.15, -0.1) is 0 Å². The smallest absolute Gasteiger partial charge is 0.0484 e. The van der Waals surface area contributed by atoms with Crippen LogP contribution in [-0.4, -0.2) is 0 Å². The van der Waals surface area contributed by atoms with Crippen LogP contribution in [0.1, 0.15) is 50.7 Å². The molecule has 0 radical (unpaired) electrons. The first kappa shape index (κ1) is 18.3. The highest BCUT2D eigenvalue weighted by Crippen LogP contribution is 2.41. The van der Waals surface area contributed by atoms with Crippen LogP contribution in [0.25, 0.3) is 0 Å². The molecule has 134 valence electrons. The highest BCUT2D eigenvalue weighted by Gasteiger charge is 2.23. The normalized spacial score (nSPS) is 14.1. The maximum absolute atomic E-state index is 4.24. The summed E-state index contributed by atoms with van der Waals surface area (Å²) in [6.45, 7) is 12.7. The quantitative estimate of drug-likeness (QED) is 0.493. The van der Waals surface area contributed by atoms with Crippen LogP contribution in [0.3, 0.4) is 0 Å². The van der Waals surface area contributed by atoms with Crippen LogP contribution in [0, 0.1) is 6.92 Å². The van der Waals surface area contributed by atoms with E-state index in [9.17, 15) is 0 Å². The molecule has 3 rings (SSSR count). The first-order valence-corrected chi connectivity index (χ1v) is 9.43. The molecule has 0 unspecified atom stereocenters. The Kier molecular flexibility index (Phi) is 5.46. The van der Waals surface area contributed by atoms with Crippen LogP contribution in [0.4, 0.5) is 11.4 Å². The molecular formula is C25H29N. The maximum Gasteiger partial charge on any atom is 0.0484 e. The van der Waals surface area contributed by atoms with Crippen LogP contribution in [0.2, 0.25) is 0 Å². The SMILES string of the molecule is C=C(C)C(=CC=C(C)C)N(c1ccc(C)cc1)c1ccc(C2CC2)cc1. The van der Waals surface area contributed by atoms with Crippen LogP contribution in [0.15, 0.2) is 84.1 Å². The predicted molar refractivity (Wildman–Crippen MR) is 114 cm³/mol. The number of hydrogen-bond donors (Lipinski definition) is 0. The minimum absolute atomic E-state index is 0.777. The van der Waals surface area contributed by atoms with E-state index in [4.69, 9.17) is 0 Å². The molecule has 1 fully saturated rings. The van der Waals surface area contributed by atoms with Crippen molar-refractivity contribution < 1.29 is 0 Å². The second-order valence-electron chi connectivity index (χ2n) is 7.61. The van der Waals surface area contributed by atoms with Gasteiger partial charge in [0.15, 0.2) is 0 Å². The predicted octanol–water partition coefficient (Wildman–Crippen LogP) is 7.44. The summed E-state index contributed by atoms with van der Waals surface area (Å²) in [5, 5.41) is 0. The number of aryl methyl sites for hydroxylation is 1. The molecule has 2 aromatic rings. The van der Waals surface area contributed by atoms with Crippen molar-refractivity contribution in [2.45, 2.75) is 46.5 Å². The van der Waals surface area contributed by atoms with Gasteiger partial charge in [-0.2, -0.15) is 0 Å². The van der Waals surface area contributed by atoms with Crippen molar-refractivity contribution in [3.05, 3.63) is 95.2 Å². The summed E-state index contributed by atoms with van der Waals surface area (Å²) in [4.78, 5) is 2.30. The summed E-state index contributed by atoms with van der Waals surface area (Å²) >= 11 is 0. The summed E-state index contributed by atoms with van der Waals surface area (Å²) < 4.78 is 0. The number of benzene rings is 2. The summed E-state index contributed by atoms with van der Waals surface area (Å²) in [5.41, 5.74) is 8.51. The van der Waals surface area contributed by atoms with Gasteiger partial charge in [-0.25, -0.2) is 0 Å². The molecule has 1 nitrogen and oxygen atoms in total. The van der Waals surface area contributed by atoms with Gasteiger partial charge in [0.25, 0.3) is 0 Å². The fourth-order valence-electron chi connectivity index (χ4n) is 3.09. The zero-order valence-corrected chi connectivity index (χ0v) is 16.4. The third-order valence-corrected chi connectivity index (χ3v) is 4.74. The van der Waals surface area contributed by atoms with E-state index in [0.717, 1.165) is 22.9 Å². The van der Waals surface area contributed by atoms with E-state index in [1.807, 2.05) is 0 Å². The molecule has 26 heavy (non-hydrogen) atoms. The Hall–Kier alpha value is -2.54. The van der Waals surface area contributed by atoms with Crippen LogP contribution in [-0.2, 0) is 0 Å². The van der Waals surface area contributed by atoms with Crippen molar-refractivity contribution in [2.24, 2.45) is 0 Å². The molecule has 2 aromatic carbocycles. The van der Waals surface area contributed by atoms with Crippen molar-refractivity contribution in [3.63, 3.8) is 0 Å². The van der Waals surface area contributed by atoms with Gasteiger partial charge < -0.3 is 4.90 Å². The van der Waals surface area contributed by atoms with Gasteiger partial charge in [-0.05, 0) is 87.9 Å². The molecule has 1 saturated carbocycles. The Balaban J connectivity index is 2.08. The minimum atomic E-state index is 0.777. The first-order chi connectivity index (χ1) is 12.5. The Morgan fingerprint density at radius 1 is 0.885 bits per heavy atom. The van der Waals surface area contributed by atoms with Crippen LogP contribution in [0.5, 0.6) is 0 Å². The molecule has 0 spiro atoms. The average molecular weight is 344 g/mol. The van der Waals surface area contributed by atoms with Gasteiger partial charge in [0.1, 0.15) is 0 Å². The molecular weight excluding hydrogens is 314 g/mol. The highest BCUT2D eigenvalue weighted by atomic mass is 15.1. The molecule has 0 amide bonds. The van der Waals surface area contributed by atoms with Gasteiger partial charge >= 0.3 is 0 Å². The zero-order valence-electron chi connectivity index (χ0n) is 16.4. The Labute approximate surface area is 158 Å². The zero-order chi connectivity index (χ0) is 18.7. The van der Waals surface area contributed by atoms with E-state index in [1.165, 1.54) is 35.2 Å². The lowest BCUT2D eigenvalue weighted by Gasteiger charge is -2.28. The van der Waals surface area contributed by atoms with E-state index in [0.29, 0.717) is 0 Å². The summed E-state index contributed by atoms with van der Waals surface area (Å²) in [6.07, 6.45) is 6.99. The molecule has 0 aliphatic heterocycles. The van der Waals surface area contributed by atoms with Crippen LogP contribution >= 0.6 is 0 Å². The van der Waals surface area contributed by atoms with Gasteiger partial charge in [0, 0.05) is 17.1 Å². The molecule has 1 heteroatoms. The fraction of sp³-hybridized carbons (Fsp3) is 0.280. The molecule has 0 aromatic heterocycles. The average Bonchev–Trinajstić information content (AvgIpc) is 3.44. The maximum atomic E-state index is 4.24. The van der Waals surface area contributed by atoms with Crippen molar-refractivity contribution in [1.29, 1.82) is 0 Å². The minimum Gasteiger partial charge on any atom is -0.310 e. The third-order valence-electron chi connectivity index (χ3n) is 4.74. The Morgan fingerprint density at radius 3 is 1.88 bits per heavy atom. The first-order valence-electron chi connectivity index (χ1n) is 9.43. The molecule has 0 N–H and O–H groups in total. The van der Waals surface area contributed by atoms with E-state index in [2.05, 4.69) is 99.9 Å². The van der Waals surface area contributed by atoms with E-state index < -0.39 is 0 Å². The number of hydrogen-bond acceptors (Lipinski definition) is 1. The number of allylic oxidation sites excluding steroid dienone is 4. The lowest BCUT2D eigenvalue weighted by molar-refractivity contribution is 1.11. The van der Waals surface area contributed by atoms with Crippen molar-refractivity contribution in [1.82, 2.24) is 0 Å². The summed E-state index contributed by atoms with van der Waals surface area (Å²) in [6, 6.07) is 17.7. The van der Waals surface area contributed by atoms with Gasteiger partial charge in [-0.3, -0.25) is 0 Å². The molecule has 1 aliphatic rings. The Bertz CT molecular complexity index is 827. The number of anilines is 2. The third kappa shape index (κ3) is 4.35. The highest BCUT2D eigenvalue weighted by molar-refractivity contribution is 5.71. The van der Waals surface area contributed by atoms with Crippen molar-refractivity contribution in [3.8, 4) is 0 Å².